The molecule has 108 valence electrons. The number of ketones is 1. The lowest BCUT2D eigenvalue weighted by Gasteiger charge is -2.25. The summed E-state index contributed by atoms with van der Waals surface area (Å²) in [5.74, 6) is -0.499. The highest BCUT2D eigenvalue weighted by molar-refractivity contribution is 6.00. The van der Waals surface area contributed by atoms with E-state index < -0.39 is 5.41 Å². The molecule has 0 aliphatic rings. The molecule has 0 unspecified atom stereocenters. The molecule has 0 spiro atoms. The Labute approximate surface area is 119 Å². The number of carbonyl (C=O) groups is 3. The molecule has 0 atom stereocenters. The fraction of sp³-hybridized carbons (Fsp3) is 0.438. The van der Waals surface area contributed by atoms with Crippen LogP contribution < -0.4 is 0 Å². The van der Waals surface area contributed by atoms with Gasteiger partial charge in [-0.25, -0.2) is 0 Å². The van der Waals surface area contributed by atoms with Crippen molar-refractivity contribution in [3.05, 3.63) is 35.4 Å². The first kappa shape index (κ1) is 16.1. The first-order valence-electron chi connectivity index (χ1n) is 6.68. The molecule has 1 aromatic rings. The minimum Gasteiger partial charge on any atom is -0.465 e. The van der Waals surface area contributed by atoms with Gasteiger partial charge in [-0.05, 0) is 26.3 Å². The quantitative estimate of drug-likeness (QED) is 0.436. The molecule has 0 heterocycles. The van der Waals surface area contributed by atoms with Crippen molar-refractivity contribution < 1.29 is 19.1 Å². The van der Waals surface area contributed by atoms with Crippen molar-refractivity contribution in [3.8, 4) is 0 Å². The predicted octanol–water partition coefficient (Wildman–Crippen LogP) is 2.69. The Kier molecular flexibility index (Phi) is 5.62. The topological polar surface area (TPSA) is 60.4 Å². The van der Waals surface area contributed by atoms with Gasteiger partial charge < -0.3 is 9.53 Å². The molecule has 0 saturated heterocycles. The number of hydrogen-bond acceptors (Lipinski definition) is 4. The van der Waals surface area contributed by atoms with E-state index in [0.29, 0.717) is 17.7 Å². The van der Waals surface area contributed by atoms with Crippen molar-refractivity contribution >= 4 is 18.0 Å². The maximum absolute atomic E-state index is 12.1. The van der Waals surface area contributed by atoms with Gasteiger partial charge in [-0.2, -0.15) is 0 Å². The highest BCUT2D eigenvalue weighted by Gasteiger charge is 2.34. The summed E-state index contributed by atoms with van der Waals surface area (Å²) >= 11 is 0. The number of hydrogen-bond donors (Lipinski definition) is 0. The van der Waals surface area contributed by atoms with Crippen molar-refractivity contribution in [1.29, 1.82) is 0 Å². The summed E-state index contributed by atoms with van der Waals surface area (Å²) in [6.45, 7) is 5.51. The molecular formula is C16H20O4. The third kappa shape index (κ3) is 3.53. The number of aldehydes is 1. The zero-order valence-electron chi connectivity index (χ0n) is 12.1. The van der Waals surface area contributed by atoms with Crippen LogP contribution in [0.15, 0.2) is 24.3 Å². The van der Waals surface area contributed by atoms with Gasteiger partial charge in [0.1, 0.15) is 6.29 Å². The standard InChI is InChI=1S/C16H20O4/c1-4-20-15(19)16(2,3)13-9-6-5-8-12(13)14(18)10-7-11-17/h5-6,8-9,11H,4,7,10H2,1-3H3. The van der Waals surface area contributed by atoms with Crippen molar-refractivity contribution in [3.63, 3.8) is 0 Å². The number of benzene rings is 1. The molecule has 0 bridgehead atoms. The van der Waals surface area contributed by atoms with E-state index in [4.69, 9.17) is 4.74 Å². The minimum atomic E-state index is -0.899. The Balaban J connectivity index is 3.15. The van der Waals surface area contributed by atoms with Crippen LogP contribution in [0.25, 0.3) is 0 Å². The molecule has 4 heteroatoms. The van der Waals surface area contributed by atoms with Gasteiger partial charge in [0.05, 0.1) is 12.0 Å². The second-order valence-corrected chi connectivity index (χ2v) is 5.02. The van der Waals surface area contributed by atoms with Crippen molar-refractivity contribution in [2.75, 3.05) is 6.61 Å². The number of carbonyl (C=O) groups excluding carboxylic acids is 3. The Hall–Kier alpha value is -1.97. The summed E-state index contributed by atoms with van der Waals surface area (Å²) in [6, 6.07) is 6.97. The first-order chi connectivity index (χ1) is 9.45. The van der Waals surface area contributed by atoms with Gasteiger partial charge >= 0.3 is 5.97 Å². The van der Waals surface area contributed by atoms with Gasteiger partial charge in [0.25, 0.3) is 0 Å². The smallest absolute Gasteiger partial charge is 0.315 e. The monoisotopic (exact) mass is 276 g/mol. The third-order valence-corrected chi connectivity index (χ3v) is 3.18. The van der Waals surface area contributed by atoms with Crippen LogP contribution in [-0.2, 0) is 19.7 Å². The molecule has 0 fully saturated rings. The summed E-state index contributed by atoms with van der Waals surface area (Å²) in [6.07, 6.45) is 1.06. The van der Waals surface area contributed by atoms with E-state index in [0.717, 1.165) is 6.29 Å². The molecule has 0 aliphatic heterocycles. The van der Waals surface area contributed by atoms with Crippen LogP contribution in [0.1, 0.15) is 49.5 Å². The van der Waals surface area contributed by atoms with E-state index in [1.807, 2.05) is 0 Å². The van der Waals surface area contributed by atoms with Crippen molar-refractivity contribution in [1.82, 2.24) is 0 Å². The van der Waals surface area contributed by atoms with Crippen molar-refractivity contribution in [2.45, 2.75) is 39.0 Å². The Morgan fingerprint density at radius 1 is 1.25 bits per heavy atom. The number of esters is 1. The van der Waals surface area contributed by atoms with Gasteiger partial charge in [0, 0.05) is 18.4 Å². The van der Waals surface area contributed by atoms with Crippen LogP contribution in [0.5, 0.6) is 0 Å². The molecule has 0 saturated carbocycles. The second-order valence-electron chi connectivity index (χ2n) is 5.02. The molecule has 0 radical (unpaired) electrons. The van der Waals surface area contributed by atoms with Crippen LogP contribution in [0, 0.1) is 0 Å². The molecular weight excluding hydrogens is 256 g/mol. The van der Waals surface area contributed by atoms with Crippen LogP contribution in [0.3, 0.4) is 0 Å². The van der Waals surface area contributed by atoms with E-state index in [9.17, 15) is 14.4 Å². The van der Waals surface area contributed by atoms with Crippen molar-refractivity contribution in [2.24, 2.45) is 0 Å². The molecule has 0 N–H and O–H groups in total. The average molecular weight is 276 g/mol. The largest absolute Gasteiger partial charge is 0.465 e. The minimum absolute atomic E-state index is 0.134. The molecule has 0 aliphatic carbocycles. The second kappa shape index (κ2) is 6.98. The van der Waals surface area contributed by atoms with Crippen LogP contribution in [-0.4, -0.2) is 24.6 Å². The highest BCUT2D eigenvalue weighted by Crippen LogP contribution is 2.29. The van der Waals surface area contributed by atoms with E-state index in [1.165, 1.54) is 0 Å². The first-order valence-corrected chi connectivity index (χ1v) is 6.68. The van der Waals surface area contributed by atoms with E-state index in [1.54, 1.807) is 45.0 Å². The Bertz CT molecular complexity index is 503. The average Bonchev–Trinajstić information content (AvgIpc) is 2.45. The number of ether oxygens (including phenoxy) is 1. The molecule has 0 aromatic heterocycles. The Morgan fingerprint density at radius 2 is 1.90 bits per heavy atom. The zero-order valence-corrected chi connectivity index (χ0v) is 12.1. The molecule has 4 nitrogen and oxygen atoms in total. The number of rotatable bonds is 7. The summed E-state index contributed by atoms with van der Waals surface area (Å²) < 4.78 is 5.07. The summed E-state index contributed by atoms with van der Waals surface area (Å²) in [5.41, 5.74) is 0.213. The third-order valence-electron chi connectivity index (χ3n) is 3.18. The fourth-order valence-corrected chi connectivity index (χ4v) is 2.02. The molecule has 20 heavy (non-hydrogen) atoms. The SMILES string of the molecule is CCOC(=O)C(C)(C)c1ccccc1C(=O)CCC=O. The molecule has 1 aromatic carbocycles. The van der Waals surface area contributed by atoms with Crippen LogP contribution in [0.2, 0.25) is 0 Å². The lowest BCUT2D eigenvalue weighted by atomic mass is 9.80. The van der Waals surface area contributed by atoms with Gasteiger partial charge in [-0.3, -0.25) is 9.59 Å². The normalized spacial score (nSPS) is 10.9. The lowest BCUT2D eigenvalue weighted by Crippen LogP contribution is -2.32. The predicted molar refractivity (Wildman–Crippen MR) is 75.7 cm³/mol. The van der Waals surface area contributed by atoms with E-state index >= 15 is 0 Å². The highest BCUT2D eigenvalue weighted by atomic mass is 16.5. The summed E-state index contributed by atoms with van der Waals surface area (Å²) in [7, 11) is 0. The van der Waals surface area contributed by atoms with Crippen LogP contribution in [0.4, 0.5) is 0 Å². The maximum Gasteiger partial charge on any atom is 0.315 e. The summed E-state index contributed by atoms with van der Waals surface area (Å²) in [5, 5.41) is 0. The zero-order chi connectivity index (χ0) is 15.2. The molecule has 0 amide bonds. The van der Waals surface area contributed by atoms with Gasteiger partial charge in [-0.15, -0.1) is 0 Å². The van der Waals surface area contributed by atoms with Crippen LogP contribution >= 0.6 is 0 Å². The van der Waals surface area contributed by atoms with Gasteiger partial charge in [0.15, 0.2) is 5.78 Å². The van der Waals surface area contributed by atoms with E-state index in [-0.39, 0.29) is 24.6 Å². The summed E-state index contributed by atoms with van der Waals surface area (Å²) in [4.78, 5) is 34.6. The molecule has 1 rings (SSSR count). The Morgan fingerprint density at radius 3 is 2.50 bits per heavy atom. The maximum atomic E-state index is 12.1. The van der Waals surface area contributed by atoms with Gasteiger partial charge in [-0.1, -0.05) is 24.3 Å². The fourth-order valence-electron chi connectivity index (χ4n) is 2.02. The number of Topliss-reactive ketones (excluding diaryl/α,β-unsaturated/α-hetero) is 1. The van der Waals surface area contributed by atoms with E-state index in [2.05, 4.69) is 0 Å². The van der Waals surface area contributed by atoms with Gasteiger partial charge in [0.2, 0.25) is 0 Å². The lowest BCUT2D eigenvalue weighted by molar-refractivity contribution is -0.148.